The minimum atomic E-state index is 0.0936. The maximum atomic E-state index is 12.6. The van der Waals surface area contributed by atoms with E-state index in [0.717, 1.165) is 36.7 Å². The van der Waals surface area contributed by atoms with E-state index in [1.807, 2.05) is 11.7 Å². The topological polar surface area (TPSA) is 67.2 Å². The number of benzene rings is 1. The first kappa shape index (κ1) is 20.2. The van der Waals surface area contributed by atoms with Crippen LogP contribution in [0.1, 0.15) is 56.6 Å². The molecule has 1 aliphatic carbocycles. The Balaban J connectivity index is 1.28. The van der Waals surface area contributed by atoms with Crippen LogP contribution in [0.4, 0.5) is 5.69 Å². The molecule has 2 heterocycles. The van der Waals surface area contributed by atoms with E-state index in [1.165, 1.54) is 49.6 Å². The number of hydrogen-bond donors (Lipinski definition) is 0. The fraction of sp³-hybridized carbons (Fsp3) is 0.619. The van der Waals surface area contributed by atoms with Crippen LogP contribution < -0.4 is 4.90 Å². The van der Waals surface area contributed by atoms with Gasteiger partial charge in [-0.1, -0.05) is 36.7 Å². The Hall–Kier alpha value is -2.09. The fourth-order valence-electron chi connectivity index (χ4n) is 4.22. The smallest absolute Gasteiger partial charge is 0.233 e. The third-order valence-electron chi connectivity index (χ3n) is 5.96. The normalized spacial score (nSPS) is 17.6. The zero-order chi connectivity index (χ0) is 20.1. The van der Waals surface area contributed by atoms with Crippen molar-refractivity contribution in [2.24, 2.45) is 0 Å². The molecule has 8 heteroatoms. The van der Waals surface area contributed by atoms with E-state index < -0.39 is 0 Å². The number of tetrazole rings is 1. The summed E-state index contributed by atoms with van der Waals surface area (Å²) in [6.45, 7) is 2.91. The summed E-state index contributed by atoms with van der Waals surface area (Å²) in [6, 6.07) is 9.04. The summed E-state index contributed by atoms with van der Waals surface area (Å²) >= 11 is 1.44. The van der Waals surface area contributed by atoms with Gasteiger partial charge in [0.1, 0.15) is 0 Å². The van der Waals surface area contributed by atoms with E-state index in [2.05, 4.69) is 44.7 Å². The van der Waals surface area contributed by atoms with Crippen molar-refractivity contribution in [3.63, 3.8) is 0 Å². The van der Waals surface area contributed by atoms with Gasteiger partial charge in [0, 0.05) is 32.4 Å². The maximum absolute atomic E-state index is 12.6. The van der Waals surface area contributed by atoms with Crippen LogP contribution in [0.5, 0.6) is 0 Å². The van der Waals surface area contributed by atoms with Crippen molar-refractivity contribution >= 4 is 23.4 Å². The third-order valence-corrected chi connectivity index (χ3v) is 6.88. The Morgan fingerprint density at radius 3 is 2.55 bits per heavy atom. The van der Waals surface area contributed by atoms with E-state index in [-0.39, 0.29) is 5.91 Å². The monoisotopic (exact) mass is 414 g/mol. The fourth-order valence-corrected chi connectivity index (χ4v) is 5.11. The van der Waals surface area contributed by atoms with Crippen LogP contribution in [-0.2, 0) is 11.3 Å². The average molecular weight is 415 g/mol. The second-order valence-electron chi connectivity index (χ2n) is 8.10. The van der Waals surface area contributed by atoms with Crippen LogP contribution in [0.15, 0.2) is 29.4 Å². The van der Waals surface area contributed by atoms with Crippen molar-refractivity contribution in [1.29, 1.82) is 0 Å². The molecule has 7 nitrogen and oxygen atoms in total. The SMILES string of the molecule is CN(Cc1ccc(N2CCCCC2)cc1)C(=O)CSc1nnnn1C1CCCC1. The second-order valence-corrected chi connectivity index (χ2v) is 9.04. The summed E-state index contributed by atoms with van der Waals surface area (Å²) in [5.74, 6) is 0.450. The summed E-state index contributed by atoms with van der Waals surface area (Å²) in [6.07, 6.45) is 8.60. The lowest BCUT2D eigenvalue weighted by atomic mass is 10.1. The lowest BCUT2D eigenvalue weighted by Crippen LogP contribution is -2.29. The van der Waals surface area contributed by atoms with E-state index in [9.17, 15) is 4.79 Å². The van der Waals surface area contributed by atoms with Crippen molar-refractivity contribution in [3.8, 4) is 0 Å². The number of hydrogen-bond acceptors (Lipinski definition) is 6. The number of carbonyl (C=O) groups is 1. The number of carbonyl (C=O) groups excluding carboxylic acids is 1. The second kappa shape index (κ2) is 9.61. The van der Waals surface area contributed by atoms with E-state index in [0.29, 0.717) is 18.3 Å². The van der Waals surface area contributed by atoms with Gasteiger partial charge in [0.05, 0.1) is 11.8 Å². The lowest BCUT2D eigenvalue weighted by molar-refractivity contribution is -0.127. The Morgan fingerprint density at radius 1 is 1.10 bits per heavy atom. The minimum Gasteiger partial charge on any atom is -0.372 e. The van der Waals surface area contributed by atoms with Crippen molar-refractivity contribution < 1.29 is 4.79 Å². The van der Waals surface area contributed by atoms with Gasteiger partial charge < -0.3 is 9.80 Å². The molecule has 1 saturated heterocycles. The third kappa shape index (κ3) is 5.10. The largest absolute Gasteiger partial charge is 0.372 e. The van der Waals surface area contributed by atoms with Crippen LogP contribution in [0.2, 0.25) is 0 Å². The molecular weight excluding hydrogens is 384 g/mol. The maximum Gasteiger partial charge on any atom is 0.233 e. The van der Waals surface area contributed by atoms with E-state index in [1.54, 1.807) is 4.90 Å². The Labute approximate surface area is 176 Å². The van der Waals surface area contributed by atoms with Crippen LogP contribution in [-0.4, -0.2) is 56.9 Å². The van der Waals surface area contributed by atoms with Gasteiger partial charge in [0.15, 0.2) is 0 Å². The summed E-state index contributed by atoms with van der Waals surface area (Å²) in [5.41, 5.74) is 2.44. The Kier molecular flexibility index (Phi) is 6.69. The number of anilines is 1. The molecule has 2 fully saturated rings. The predicted molar refractivity (Wildman–Crippen MR) is 115 cm³/mol. The first-order chi connectivity index (χ1) is 14.2. The molecule has 4 rings (SSSR count). The summed E-state index contributed by atoms with van der Waals surface area (Å²) in [4.78, 5) is 16.8. The molecule has 0 radical (unpaired) electrons. The van der Waals surface area contributed by atoms with Gasteiger partial charge in [-0.25, -0.2) is 4.68 Å². The molecule has 1 aromatic carbocycles. The number of nitrogens with zero attached hydrogens (tertiary/aromatic N) is 6. The van der Waals surface area contributed by atoms with Gasteiger partial charge in [-0.05, 0) is 60.2 Å². The predicted octanol–water partition coefficient (Wildman–Crippen LogP) is 3.53. The Bertz CT molecular complexity index is 796. The highest BCUT2D eigenvalue weighted by molar-refractivity contribution is 7.99. The molecule has 0 atom stereocenters. The number of piperidine rings is 1. The lowest BCUT2D eigenvalue weighted by Gasteiger charge is -2.29. The van der Waals surface area contributed by atoms with E-state index in [4.69, 9.17) is 0 Å². The van der Waals surface area contributed by atoms with Crippen molar-refractivity contribution in [3.05, 3.63) is 29.8 Å². The highest BCUT2D eigenvalue weighted by atomic mass is 32.2. The highest BCUT2D eigenvalue weighted by Gasteiger charge is 2.22. The van der Waals surface area contributed by atoms with Crippen LogP contribution in [0, 0.1) is 0 Å². The molecule has 29 heavy (non-hydrogen) atoms. The zero-order valence-corrected chi connectivity index (χ0v) is 18.0. The van der Waals surface area contributed by atoms with Crippen molar-refractivity contribution in [1.82, 2.24) is 25.1 Å². The zero-order valence-electron chi connectivity index (χ0n) is 17.2. The standard InChI is InChI=1S/C21H30N6OS/c1-25(15-17-9-11-18(12-10-17)26-13-5-2-6-14-26)20(28)16-29-21-22-23-24-27(21)19-7-3-4-8-19/h9-12,19H,2-8,13-16H2,1H3. The molecule has 1 amide bonds. The summed E-state index contributed by atoms with van der Waals surface area (Å²) in [7, 11) is 1.86. The molecule has 0 bridgehead atoms. The van der Waals surface area contributed by atoms with Crippen LogP contribution >= 0.6 is 11.8 Å². The molecule has 156 valence electrons. The molecule has 2 aliphatic rings. The molecule has 1 saturated carbocycles. The first-order valence-electron chi connectivity index (χ1n) is 10.7. The molecule has 0 unspecified atom stereocenters. The van der Waals surface area contributed by atoms with Crippen molar-refractivity contribution in [2.45, 2.75) is 62.7 Å². The van der Waals surface area contributed by atoms with Gasteiger partial charge in [-0.3, -0.25) is 4.79 Å². The molecule has 1 aromatic heterocycles. The molecule has 0 spiro atoms. The molecule has 0 N–H and O–H groups in total. The Morgan fingerprint density at radius 2 is 1.83 bits per heavy atom. The van der Waals surface area contributed by atoms with Gasteiger partial charge >= 0.3 is 0 Å². The average Bonchev–Trinajstić information content (AvgIpc) is 3.44. The number of amides is 1. The van der Waals surface area contributed by atoms with Gasteiger partial charge in [-0.2, -0.15) is 0 Å². The molecule has 1 aliphatic heterocycles. The van der Waals surface area contributed by atoms with E-state index >= 15 is 0 Å². The quantitative estimate of drug-likeness (QED) is 0.646. The van der Waals surface area contributed by atoms with Gasteiger partial charge in [-0.15, -0.1) is 5.10 Å². The number of aromatic nitrogens is 4. The number of thioether (sulfide) groups is 1. The van der Waals surface area contributed by atoms with Gasteiger partial charge in [0.25, 0.3) is 0 Å². The van der Waals surface area contributed by atoms with Crippen LogP contribution in [0.25, 0.3) is 0 Å². The molecular formula is C21H30N6OS. The number of rotatable bonds is 7. The summed E-state index contributed by atoms with van der Waals surface area (Å²) in [5, 5.41) is 12.8. The highest BCUT2D eigenvalue weighted by Crippen LogP contribution is 2.31. The van der Waals surface area contributed by atoms with Crippen LogP contribution in [0.3, 0.4) is 0 Å². The molecule has 2 aromatic rings. The van der Waals surface area contributed by atoms with Gasteiger partial charge in [0.2, 0.25) is 11.1 Å². The summed E-state index contributed by atoms with van der Waals surface area (Å²) < 4.78 is 1.91. The first-order valence-corrected chi connectivity index (χ1v) is 11.7. The van der Waals surface area contributed by atoms with Crippen molar-refractivity contribution in [2.75, 3.05) is 30.8 Å². The minimum absolute atomic E-state index is 0.0936.